The predicted octanol–water partition coefficient (Wildman–Crippen LogP) is 3.38. The van der Waals surface area contributed by atoms with E-state index in [4.69, 9.17) is 5.73 Å². The van der Waals surface area contributed by atoms with Crippen LogP contribution in [0.15, 0.2) is 36.7 Å². The van der Waals surface area contributed by atoms with Crippen LogP contribution in [0.4, 0.5) is 5.95 Å². The third kappa shape index (κ3) is 2.94. The molecule has 2 aromatic rings. The summed E-state index contributed by atoms with van der Waals surface area (Å²) in [5, 5.41) is 9.35. The molecular formula is C16H18N4. The summed E-state index contributed by atoms with van der Waals surface area (Å²) in [6.45, 7) is 6.22. The summed E-state index contributed by atoms with van der Waals surface area (Å²) in [6.07, 6.45) is 3.39. The second-order valence-electron chi connectivity index (χ2n) is 5.88. The molecule has 0 aliphatic rings. The average molecular weight is 266 g/mol. The number of nitrogen functional groups attached to an aromatic ring is 1. The van der Waals surface area contributed by atoms with Gasteiger partial charge in [-0.3, -0.25) is 0 Å². The summed E-state index contributed by atoms with van der Waals surface area (Å²) in [4.78, 5) is 7.97. The van der Waals surface area contributed by atoms with Crippen molar-refractivity contribution in [1.29, 1.82) is 5.26 Å². The lowest BCUT2D eigenvalue weighted by Crippen LogP contribution is -2.16. The molecule has 0 spiro atoms. The molecule has 0 saturated heterocycles. The second-order valence-corrected chi connectivity index (χ2v) is 5.88. The molecule has 4 nitrogen and oxygen atoms in total. The van der Waals surface area contributed by atoms with Crippen molar-refractivity contribution in [3.63, 3.8) is 0 Å². The monoisotopic (exact) mass is 266 g/mol. The van der Waals surface area contributed by atoms with E-state index in [9.17, 15) is 5.26 Å². The Morgan fingerprint density at radius 2 is 1.60 bits per heavy atom. The van der Waals surface area contributed by atoms with Gasteiger partial charge in [-0.05, 0) is 16.5 Å². The average Bonchev–Trinajstić information content (AvgIpc) is 2.40. The quantitative estimate of drug-likeness (QED) is 0.904. The maximum atomic E-state index is 9.35. The molecule has 0 saturated carbocycles. The minimum absolute atomic E-state index is 0.0828. The van der Waals surface area contributed by atoms with Crippen LogP contribution >= 0.6 is 0 Å². The highest BCUT2D eigenvalue weighted by Crippen LogP contribution is 2.35. The molecule has 1 atom stereocenters. The van der Waals surface area contributed by atoms with Crippen LogP contribution in [-0.4, -0.2) is 9.97 Å². The van der Waals surface area contributed by atoms with Gasteiger partial charge in [-0.25, -0.2) is 9.97 Å². The van der Waals surface area contributed by atoms with Crippen LogP contribution in [0, 0.1) is 16.7 Å². The lowest BCUT2D eigenvalue weighted by atomic mass is 9.77. The van der Waals surface area contributed by atoms with Crippen molar-refractivity contribution in [2.75, 3.05) is 5.73 Å². The zero-order chi connectivity index (χ0) is 14.8. The topological polar surface area (TPSA) is 75.6 Å². The molecule has 1 heterocycles. The molecule has 1 aromatic carbocycles. The SMILES string of the molecule is CC(C)(C)[C@@H](C#N)c1ccc(-c2cnc(N)nc2)cc1. The fourth-order valence-corrected chi connectivity index (χ4v) is 2.12. The molecule has 20 heavy (non-hydrogen) atoms. The molecule has 4 heteroatoms. The molecule has 102 valence electrons. The van der Waals surface area contributed by atoms with E-state index in [2.05, 4.69) is 36.8 Å². The van der Waals surface area contributed by atoms with E-state index in [1.165, 1.54) is 0 Å². The van der Waals surface area contributed by atoms with E-state index in [1.54, 1.807) is 12.4 Å². The number of benzene rings is 1. The van der Waals surface area contributed by atoms with Crippen molar-refractivity contribution in [3.05, 3.63) is 42.2 Å². The van der Waals surface area contributed by atoms with Gasteiger partial charge < -0.3 is 5.73 Å². The van der Waals surface area contributed by atoms with Crippen LogP contribution in [0.1, 0.15) is 32.3 Å². The van der Waals surface area contributed by atoms with Crippen LogP contribution in [0.2, 0.25) is 0 Å². The van der Waals surface area contributed by atoms with Crippen LogP contribution in [-0.2, 0) is 0 Å². The van der Waals surface area contributed by atoms with Crippen LogP contribution in [0.25, 0.3) is 11.1 Å². The predicted molar refractivity (Wildman–Crippen MR) is 79.7 cm³/mol. The Morgan fingerprint density at radius 3 is 2.05 bits per heavy atom. The Balaban J connectivity index is 2.31. The van der Waals surface area contributed by atoms with Gasteiger partial charge >= 0.3 is 0 Å². The van der Waals surface area contributed by atoms with E-state index in [1.807, 2.05) is 24.3 Å². The lowest BCUT2D eigenvalue weighted by molar-refractivity contribution is 0.373. The van der Waals surface area contributed by atoms with Crippen LogP contribution < -0.4 is 5.73 Å². The van der Waals surface area contributed by atoms with Gasteiger partial charge in [0.15, 0.2) is 0 Å². The van der Waals surface area contributed by atoms with Crippen molar-refractivity contribution >= 4 is 5.95 Å². The van der Waals surface area contributed by atoms with E-state index in [0.717, 1.165) is 16.7 Å². The first-order valence-electron chi connectivity index (χ1n) is 6.49. The number of aromatic nitrogens is 2. The molecule has 0 amide bonds. The Labute approximate surface area is 119 Å². The van der Waals surface area contributed by atoms with E-state index < -0.39 is 0 Å². The number of hydrogen-bond acceptors (Lipinski definition) is 4. The number of nitrogens with zero attached hydrogens (tertiary/aromatic N) is 3. The fourth-order valence-electron chi connectivity index (χ4n) is 2.12. The fraction of sp³-hybridized carbons (Fsp3) is 0.312. The third-order valence-electron chi connectivity index (χ3n) is 3.24. The van der Waals surface area contributed by atoms with Crippen molar-refractivity contribution in [1.82, 2.24) is 9.97 Å². The summed E-state index contributed by atoms with van der Waals surface area (Å²) in [5.41, 5.74) is 8.35. The van der Waals surface area contributed by atoms with Crippen LogP contribution in [0.3, 0.4) is 0 Å². The Kier molecular flexibility index (Phi) is 3.71. The van der Waals surface area contributed by atoms with Crippen molar-refractivity contribution in [2.45, 2.75) is 26.7 Å². The molecule has 0 bridgehead atoms. The number of nitriles is 1. The standard InChI is InChI=1S/C16H18N4/c1-16(2,3)14(8-17)12-6-4-11(5-7-12)13-9-19-15(18)20-10-13/h4-7,9-10,14H,1-3H3,(H2,18,19,20)/t14-/m0/s1. The smallest absolute Gasteiger partial charge is 0.219 e. The minimum atomic E-state index is -0.126. The molecule has 0 fully saturated rings. The molecule has 0 unspecified atom stereocenters. The van der Waals surface area contributed by atoms with Gasteiger partial charge in [-0.2, -0.15) is 5.26 Å². The summed E-state index contributed by atoms with van der Waals surface area (Å²) in [6, 6.07) is 10.3. The maximum absolute atomic E-state index is 9.35. The number of hydrogen-bond donors (Lipinski definition) is 1. The molecule has 0 aliphatic carbocycles. The van der Waals surface area contributed by atoms with Gasteiger partial charge in [0.05, 0.1) is 12.0 Å². The first kappa shape index (κ1) is 14.0. The van der Waals surface area contributed by atoms with Gasteiger partial charge in [0.25, 0.3) is 0 Å². The first-order chi connectivity index (χ1) is 9.41. The Morgan fingerprint density at radius 1 is 1.05 bits per heavy atom. The number of nitrogens with two attached hydrogens (primary N) is 1. The number of anilines is 1. The largest absolute Gasteiger partial charge is 0.368 e. The van der Waals surface area contributed by atoms with Crippen LogP contribution in [0.5, 0.6) is 0 Å². The molecule has 1 aromatic heterocycles. The maximum Gasteiger partial charge on any atom is 0.219 e. The summed E-state index contributed by atoms with van der Waals surface area (Å²) >= 11 is 0. The zero-order valence-corrected chi connectivity index (χ0v) is 12.0. The normalized spacial score (nSPS) is 12.7. The third-order valence-corrected chi connectivity index (χ3v) is 3.24. The first-order valence-corrected chi connectivity index (χ1v) is 6.49. The van der Waals surface area contributed by atoms with E-state index in [-0.39, 0.29) is 17.3 Å². The number of rotatable bonds is 2. The summed E-state index contributed by atoms with van der Waals surface area (Å²) in [5.74, 6) is 0.141. The van der Waals surface area contributed by atoms with Gasteiger partial charge in [-0.1, -0.05) is 45.0 Å². The highest BCUT2D eigenvalue weighted by molar-refractivity contribution is 5.62. The highest BCUT2D eigenvalue weighted by atomic mass is 15.0. The van der Waals surface area contributed by atoms with E-state index in [0.29, 0.717) is 0 Å². The molecule has 2 rings (SSSR count). The highest BCUT2D eigenvalue weighted by Gasteiger charge is 2.25. The zero-order valence-electron chi connectivity index (χ0n) is 12.0. The molecular weight excluding hydrogens is 248 g/mol. The summed E-state index contributed by atoms with van der Waals surface area (Å²) < 4.78 is 0. The van der Waals surface area contributed by atoms with E-state index >= 15 is 0 Å². The van der Waals surface area contributed by atoms with Gasteiger partial charge in [0, 0.05) is 18.0 Å². The van der Waals surface area contributed by atoms with Gasteiger partial charge in [-0.15, -0.1) is 0 Å². The molecule has 0 aliphatic heterocycles. The van der Waals surface area contributed by atoms with Crippen molar-refractivity contribution in [2.24, 2.45) is 5.41 Å². The van der Waals surface area contributed by atoms with Gasteiger partial charge in [0.2, 0.25) is 5.95 Å². The van der Waals surface area contributed by atoms with Crippen molar-refractivity contribution in [3.8, 4) is 17.2 Å². The Bertz CT molecular complexity index is 616. The van der Waals surface area contributed by atoms with Crippen molar-refractivity contribution < 1.29 is 0 Å². The Hall–Kier alpha value is -2.41. The second kappa shape index (κ2) is 5.30. The summed E-state index contributed by atoms with van der Waals surface area (Å²) in [7, 11) is 0. The molecule has 2 N–H and O–H groups in total. The lowest BCUT2D eigenvalue weighted by Gasteiger charge is -2.25. The molecule has 0 radical (unpaired) electrons. The van der Waals surface area contributed by atoms with Gasteiger partial charge in [0.1, 0.15) is 0 Å². The minimum Gasteiger partial charge on any atom is -0.368 e.